The van der Waals surface area contributed by atoms with Gasteiger partial charge in [-0.3, -0.25) is 0 Å². The first-order valence-corrected chi connectivity index (χ1v) is 6.28. The van der Waals surface area contributed by atoms with Gasteiger partial charge in [-0.25, -0.2) is 4.98 Å². The molecule has 4 heteroatoms. The Balaban J connectivity index is 2.51. The molecule has 0 aliphatic carbocycles. The third-order valence-corrected chi connectivity index (χ3v) is 3.87. The Kier molecular flexibility index (Phi) is 3.17. The van der Waals surface area contributed by atoms with Crippen molar-refractivity contribution in [2.45, 2.75) is 26.9 Å². The Morgan fingerprint density at radius 3 is 2.59 bits per heavy atom. The summed E-state index contributed by atoms with van der Waals surface area (Å²) in [5.74, 6) is 0.403. The van der Waals surface area contributed by atoms with Crippen LogP contribution < -0.4 is 5.73 Å². The van der Waals surface area contributed by atoms with E-state index in [4.69, 9.17) is 5.73 Å². The molecule has 0 aliphatic heterocycles. The molecule has 0 saturated carbocycles. The van der Waals surface area contributed by atoms with Crippen molar-refractivity contribution in [1.82, 2.24) is 4.98 Å². The van der Waals surface area contributed by atoms with Gasteiger partial charge in [0, 0.05) is 21.5 Å². The van der Waals surface area contributed by atoms with Crippen molar-refractivity contribution in [2.75, 3.05) is 5.73 Å². The maximum absolute atomic E-state index is 10.4. The predicted molar refractivity (Wildman–Crippen MR) is 71.2 cm³/mol. The highest BCUT2D eigenvalue weighted by Crippen LogP contribution is 2.33. The minimum atomic E-state index is -0.686. The maximum Gasteiger partial charge on any atom is 0.129 e. The first-order chi connectivity index (χ1) is 8.00. The van der Waals surface area contributed by atoms with Gasteiger partial charge in [-0.05, 0) is 44.0 Å². The molecule has 0 amide bonds. The molecule has 17 heavy (non-hydrogen) atoms. The van der Waals surface area contributed by atoms with E-state index < -0.39 is 6.10 Å². The van der Waals surface area contributed by atoms with Crippen LogP contribution in [-0.2, 0) is 0 Å². The number of rotatable bonds is 2. The minimum absolute atomic E-state index is 0.403. The first-order valence-electron chi connectivity index (χ1n) is 5.46. The van der Waals surface area contributed by atoms with Crippen LogP contribution in [0.4, 0.5) is 5.82 Å². The van der Waals surface area contributed by atoms with E-state index in [1.54, 1.807) is 17.5 Å². The van der Waals surface area contributed by atoms with Crippen molar-refractivity contribution in [3.05, 3.63) is 44.8 Å². The van der Waals surface area contributed by atoms with Crippen molar-refractivity contribution in [2.24, 2.45) is 0 Å². The van der Waals surface area contributed by atoms with Gasteiger partial charge in [-0.1, -0.05) is 0 Å². The van der Waals surface area contributed by atoms with Crippen LogP contribution in [-0.4, -0.2) is 10.1 Å². The predicted octanol–water partition coefficient (Wildman–Crippen LogP) is 2.73. The topological polar surface area (TPSA) is 59.1 Å². The summed E-state index contributed by atoms with van der Waals surface area (Å²) in [4.78, 5) is 6.36. The summed E-state index contributed by atoms with van der Waals surface area (Å²) in [7, 11) is 0. The van der Waals surface area contributed by atoms with Gasteiger partial charge in [0.2, 0.25) is 0 Å². The summed E-state index contributed by atoms with van der Waals surface area (Å²) in [6.07, 6.45) is 0.973. The van der Waals surface area contributed by atoms with E-state index >= 15 is 0 Å². The highest BCUT2D eigenvalue weighted by Gasteiger charge is 2.19. The molecule has 0 spiro atoms. The van der Waals surface area contributed by atoms with E-state index in [0.717, 1.165) is 16.0 Å². The monoisotopic (exact) mass is 248 g/mol. The molecule has 0 fully saturated rings. The van der Waals surface area contributed by atoms with Gasteiger partial charge in [-0.15, -0.1) is 11.3 Å². The number of nitrogens with two attached hydrogens (primary N) is 1. The molecule has 2 aromatic heterocycles. The van der Waals surface area contributed by atoms with Crippen molar-refractivity contribution in [3.63, 3.8) is 0 Å². The number of aryl methyl sites for hydroxylation is 3. The molecule has 1 atom stereocenters. The smallest absolute Gasteiger partial charge is 0.129 e. The molecule has 0 bridgehead atoms. The van der Waals surface area contributed by atoms with Crippen LogP contribution in [0.15, 0.2) is 18.3 Å². The number of hydrogen-bond acceptors (Lipinski definition) is 4. The van der Waals surface area contributed by atoms with Crippen molar-refractivity contribution >= 4 is 17.2 Å². The molecule has 90 valence electrons. The minimum Gasteiger partial charge on any atom is -0.383 e. The summed E-state index contributed by atoms with van der Waals surface area (Å²) in [5, 5.41) is 10.4. The molecule has 2 rings (SSSR count). The van der Waals surface area contributed by atoms with Crippen LogP contribution >= 0.6 is 11.3 Å². The second-order valence-electron chi connectivity index (χ2n) is 4.20. The van der Waals surface area contributed by atoms with Crippen LogP contribution in [0, 0.1) is 20.8 Å². The molecule has 0 saturated heterocycles. The van der Waals surface area contributed by atoms with E-state index in [9.17, 15) is 5.11 Å². The van der Waals surface area contributed by atoms with E-state index in [0.29, 0.717) is 11.4 Å². The zero-order valence-corrected chi connectivity index (χ0v) is 11.0. The average molecular weight is 248 g/mol. The van der Waals surface area contributed by atoms with Gasteiger partial charge in [0.15, 0.2) is 0 Å². The zero-order valence-electron chi connectivity index (χ0n) is 10.2. The lowest BCUT2D eigenvalue weighted by Gasteiger charge is -2.15. The number of aliphatic hydroxyl groups is 1. The molecule has 0 aromatic carbocycles. The Morgan fingerprint density at radius 2 is 2.06 bits per heavy atom. The number of hydrogen-bond donors (Lipinski definition) is 2. The van der Waals surface area contributed by atoms with Gasteiger partial charge in [0.1, 0.15) is 11.9 Å². The summed E-state index contributed by atoms with van der Waals surface area (Å²) in [6, 6.07) is 3.88. The summed E-state index contributed by atoms with van der Waals surface area (Å²) in [5.41, 5.74) is 8.46. The maximum atomic E-state index is 10.4. The SMILES string of the molecule is Cc1cc(C(O)c2c(C)ccnc2N)c(C)s1. The number of nitrogens with zero attached hydrogens (tertiary/aromatic N) is 1. The van der Waals surface area contributed by atoms with Crippen molar-refractivity contribution in [1.29, 1.82) is 0 Å². The molecule has 0 aliphatic rings. The lowest BCUT2D eigenvalue weighted by atomic mass is 9.99. The molecule has 2 aromatic rings. The Hall–Kier alpha value is -1.39. The second kappa shape index (κ2) is 4.47. The summed E-state index contributed by atoms with van der Waals surface area (Å²) >= 11 is 1.68. The third kappa shape index (κ3) is 2.18. The molecule has 0 radical (unpaired) electrons. The highest BCUT2D eigenvalue weighted by atomic mass is 32.1. The van der Waals surface area contributed by atoms with Crippen LogP contribution in [0.1, 0.15) is 32.5 Å². The zero-order chi connectivity index (χ0) is 12.6. The van der Waals surface area contributed by atoms with Crippen LogP contribution in [0.3, 0.4) is 0 Å². The van der Waals surface area contributed by atoms with Crippen LogP contribution in [0.5, 0.6) is 0 Å². The summed E-state index contributed by atoms with van der Waals surface area (Å²) < 4.78 is 0. The van der Waals surface area contributed by atoms with Gasteiger partial charge in [0.05, 0.1) is 0 Å². The lowest BCUT2D eigenvalue weighted by Crippen LogP contribution is -2.07. The molecular formula is C13H16N2OS. The largest absolute Gasteiger partial charge is 0.383 e. The number of anilines is 1. The van der Waals surface area contributed by atoms with Gasteiger partial charge in [-0.2, -0.15) is 0 Å². The molecule has 2 heterocycles. The molecular weight excluding hydrogens is 232 g/mol. The van der Waals surface area contributed by atoms with Crippen LogP contribution in [0.25, 0.3) is 0 Å². The number of thiophene rings is 1. The lowest BCUT2D eigenvalue weighted by molar-refractivity contribution is 0.220. The first kappa shape index (κ1) is 12.1. The highest BCUT2D eigenvalue weighted by molar-refractivity contribution is 7.12. The standard InChI is InChI=1S/C13H16N2OS/c1-7-4-5-15-13(14)11(7)12(16)10-6-8(2)17-9(10)3/h4-6,12,16H,1-3H3,(H2,14,15). The Morgan fingerprint density at radius 1 is 1.35 bits per heavy atom. The van der Waals surface area contributed by atoms with E-state index in [-0.39, 0.29) is 0 Å². The fourth-order valence-corrected chi connectivity index (χ4v) is 2.98. The Bertz CT molecular complexity index is 528. The number of aromatic nitrogens is 1. The third-order valence-electron chi connectivity index (χ3n) is 2.89. The molecule has 3 N–H and O–H groups in total. The number of pyridine rings is 1. The fraction of sp³-hybridized carbons (Fsp3) is 0.308. The van der Waals surface area contributed by atoms with Crippen molar-refractivity contribution in [3.8, 4) is 0 Å². The Labute approximate surface area is 105 Å². The summed E-state index contributed by atoms with van der Waals surface area (Å²) in [6.45, 7) is 5.98. The number of aliphatic hydroxyl groups excluding tert-OH is 1. The molecule has 3 nitrogen and oxygen atoms in total. The van der Waals surface area contributed by atoms with E-state index in [1.807, 2.05) is 32.9 Å². The normalized spacial score (nSPS) is 12.7. The average Bonchev–Trinajstić information content (AvgIpc) is 2.57. The van der Waals surface area contributed by atoms with E-state index in [2.05, 4.69) is 4.98 Å². The quantitative estimate of drug-likeness (QED) is 0.859. The van der Waals surface area contributed by atoms with Gasteiger partial charge in [0.25, 0.3) is 0 Å². The van der Waals surface area contributed by atoms with E-state index in [1.165, 1.54) is 4.88 Å². The second-order valence-corrected chi connectivity index (χ2v) is 5.66. The number of nitrogen functional groups attached to an aromatic ring is 1. The van der Waals surface area contributed by atoms with Gasteiger partial charge >= 0.3 is 0 Å². The fourth-order valence-electron chi connectivity index (χ4n) is 2.02. The van der Waals surface area contributed by atoms with Crippen LogP contribution in [0.2, 0.25) is 0 Å². The molecule has 1 unspecified atom stereocenters. The van der Waals surface area contributed by atoms with Gasteiger partial charge < -0.3 is 10.8 Å². The van der Waals surface area contributed by atoms with Crippen molar-refractivity contribution < 1.29 is 5.11 Å².